The van der Waals surface area contributed by atoms with Crippen molar-refractivity contribution in [3.8, 4) is 5.75 Å². The zero-order valence-electron chi connectivity index (χ0n) is 13.8. The van der Waals surface area contributed by atoms with E-state index in [0.717, 1.165) is 12.8 Å². The fraction of sp³-hybridized carbons (Fsp3) is 0.444. The van der Waals surface area contributed by atoms with Crippen molar-refractivity contribution in [3.63, 3.8) is 0 Å². The minimum Gasteiger partial charge on any atom is -0.484 e. The van der Waals surface area contributed by atoms with Gasteiger partial charge in [0, 0.05) is 38.4 Å². The summed E-state index contributed by atoms with van der Waals surface area (Å²) in [5.41, 5.74) is 0. The lowest BCUT2D eigenvalue weighted by Gasteiger charge is -2.34. The molecule has 1 aromatic carbocycles. The second-order valence-corrected chi connectivity index (χ2v) is 6.18. The van der Waals surface area contributed by atoms with Crippen molar-refractivity contribution in [3.05, 3.63) is 48.5 Å². The largest absolute Gasteiger partial charge is 0.484 e. The van der Waals surface area contributed by atoms with Crippen molar-refractivity contribution in [2.24, 2.45) is 13.0 Å². The number of hydrogen-bond acceptors (Lipinski definition) is 4. The van der Waals surface area contributed by atoms with Crippen LogP contribution in [-0.4, -0.2) is 45.2 Å². The lowest BCUT2D eigenvalue weighted by atomic mass is 9.92. The van der Waals surface area contributed by atoms with Gasteiger partial charge in [0.05, 0.1) is 0 Å². The van der Waals surface area contributed by atoms with Crippen LogP contribution in [0.3, 0.4) is 0 Å². The third kappa shape index (κ3) is 3.76. The molecule has 6 nitrogen and oxygen atoms in total. The van der Waals surface area contributed by atoms with Gasteiger partial charge >= 0.3 is 0 Å². The van der Waals surface area contributed by atoms with Gasteiger partial charge in [-0.1, -0.05) is 18.2 Å². The fourth-order valence-corrected chi connectivity index (χ4v) is 3.12. The van der Waals surface area contributed by atoms with Gasteiger partial charge in [0.15, 0.2) is 6.61 Å². The van der Waals surface area contributed by atoms with Crippen LogP contribution in [0.4, 0.5) is 0 Å². The van der Waals surface area contributed by atoms with E-state index in [-0.39, 0.29) is 18.4 Å². The highest BCUT2D eigenvalue weighted by Crippen LogP contribution is 2.28. The van der Waals surface area contributed by atoms with Crippen molar-refractivity contribution in [1.29, 1.82) is 0 Å². The Morgan fingerprint density at radius 2 is 2.21 bits per heavy atom. The number of rotatable bonds is 5. The van der Waals surface area contributed by atoms with E-state index in [2.05, 4.69) is 4.98 Å². The number of carbonyl (C=O) groups is 1. The standard InChI is InChI=1S/C18H23N3O3/c1-20-11-9-19-18(20)17(23)14-6-5-10-21(12-14)16(22)13-24-15-7-3-2-4-8-15/h2-4,7-9,11,14,17,23H,5-6,10,12-13H2,1H3. The molecule has 2 atom stereocenters. The Hall–Kier alpha value is -2.34. The Labute approximate surface area is 141 Å². The van der Waals surface area contributed by atoms with Gasteiger partial charge in [0.1, 0.15) is 17.7 Å². The van der Waals surface area contributed by atoms with E-state index in [1.54, 1.807) is 11.1 Å². The molecule has 128 valence electrons. The molecule has 1 aromatic heterocycles. The topological polar surface area (TPSA) is 67.6 Å². The van der Waals surface area contributed by atoms with Gasteiger partial charge in [-0.2, -0.15) is 0 Å². The van der Waals surface area contributed by atoms with E-state index < -0.39 is 6.10 Å². The van der Waals surface area contributed by atoms with Crippen LogP contribution in [0.1, 0.15) is 24.8 Å². The number of hydrogen-bond donors (Lipinski definition) is 1. The maximum absolute atomic E-state index is 12.4. The number of benzene rings is 1. The number of likely N-dealkylation sites (tertiary alicyclic amines) is 1. The predicted octanol–water partition coefficient (Wildman–Crippen LogP) is 1.77. The molecule has 1 fully saturated rings. The van der Waals surface area contributed by atoms with Gasteiger partial charge in [-0.25, -0.2) is 4.98 Å². The summed E-state index contributed by atoms with van der Waals surface area (Å²) in [5, 5.41) is 10.6. The highest BCUT2D eigenvalue weighted by molar-refractivity contribution is 5.77. The Bertz CT molecular complexity index is 671. The third-order valence-corrected chi connectivity index (χ3v) is 4.49. The summed E-state index contributed by atoms with van der Waals surface area (Å²) < 4.78 is 7.36. The normalized spacial score (nSPS) is 19.1. The van der Waals surface area contributed by atoms with Crippen LogP contribution in [0.2, 0.25) is 0 Å². The van der Waals surface area contributed by atoms with Gasteiger partial charge in [-0.3, -0.25) is 4.79 Å². The second kappa shape index (κ2) is 7.49. The summed E-state index contributed by atoms with van der Waals surface area (Å²) in [6.45, 7) is 1.26. The van der Waals surface area contributed by atoms with Crippen molar-refractivity contribution in [1.82, 2.24) is 14.5 Å². The Kier molecular flexibility index (Phi) is 5.15. The first-order valence-electron chi connectivity index (χ1n) is 8.26. The number of piperidine rings is 1. The monoisotopic (exact) mass is 329 g/mol. The Morgan fingerprint density at radius 3 is 2.92 bits per heavy atom. The number of ether oxygens (including phenoxy) is 1. The first-order valence-corrected chi connectivity index (χ1v) is 8.26. The molecule has 0 spiro atoms. The summed E-state index contributed by atoms with van der Waals surface area (Å²) in [4.78, 5) is 18.4. The van der Waals surface area contributed by atoms with E-state index >= 15 is 0 Å². The Morgan fingerprint density at radius 1 is 1.42 bits per heavy atom. The lowest BCUT2D eigenvalue weighted by Crippen LogP contribution is -2.44. The van der Waals surface area contributed by atoms with Crippen LogP contribution in [0, 0.1) is 5.92 Å². The molecule has 1 N–H and O–H groups in total. The number of amides is 1. The quantitative estimate of drug-likeness (QED) is 0.908. The summed E-state index contributed by atoms with van der Waals surface area (Å²) in [6.07, 6.45) is 4.60. The maximum Gasteiger partial charge on any atom is 0.260 e. The van der Waals surface area contributed by atoms with Crippen molar-refractivity contribution < 1.29 is 14.6 Å². The number of nitrogens with zero attached hydrogens (tertiary/aromatic N) is 3. The molecule has 1 aliphatic rings. The van der Waals surface area contributed by atoms with E-state index in [1.807, 2.05) is 48.1 Å². The SMILES string of the molecule is Cn1ccnc1C(O)C1CCCN(C(=O)COc2ccccc2)C1. The molecule has 2 unspecified atom stereocenters. The van der Waals surface area contributed by atoms with Crippen LogP contribution in [0.15, 0.2) is 42.7 Å². The number of aryl methyl sites for hydroxylation is 1. The van der Waals surface area contributed by atoms with Gasteiger partial charge in [0.2, 0.25) is 0 Å². The third-order valence-electron chi connectivity index (χ3n) is 4.49. The number of imidazole rings is 1. The average Bonchev–Trinajstić information content (AvgIpc) is 3.06. The zero-order valence-corrected chi connectivity index (χ0v) is 13.8. The highest BCUT2D eigenvalue weighted by Gasteiger charge is 2.31. The predicted molar refractivity (Wildman–Crippen MR) is 89.4 cm³/mol. The molecule has 0 saturated carbocycles. The molecule has 1 saturated heterocycles. The summed E-state index contributed by atoms with van der Waals surface area (Å²) in [7, 11) is 1.87. The minimum absolute atomic E-state index is 0.000486. The molecule has 1 aliphatic heterocycles. The molecule has 0 aliphatic carbocycles. The van der Waals surface area contributed by atoms with Crippen molar-refractivity contribution in [2.45, 2.75) is 18.9 Å². The zero-order chi connectivity index (χ0) is 16.9. The van der Waals surface area contributed by atoms with Crippen LogP contribution >= 0.6 is 0 Å². The van der Waals surface area contributed by atoms with Crippen molar-refractivity contribution in [2.75, 3.05) is 19.7 Å². The molecule has 2 aromatic rings. The average molecular weight is 329 g/mol. The number of aromatic nitrogens is 2. The van der Waals surface area contributed by atoms with Gasteiger partial charge in [-0.05, 0) is 25.0 Å². The molecule has 24 heavy (non-hydrogen) atoms. The van der Waals surface area contributed by atoms with E-state index in [0.29, 0.717) is 24.7 Å². The minimum atomic E-state index is -0.657. The number of aliphatic hydroxyl groups excluding tert-OH is 1. The van der Waals surface area contributed by atoms with E-state index in [4.69, 9.17) is 4.74 Å². The van der Waals surface area contributed by atoms with Crippen LogP contribution in [-0.2, 0) is 11.8 Å². The summed E-state index contributed by atoms with van der Waals surface area (Å²) >= 11 is 0. The number of carbonyl (C=O) groups excluding carboxylic acids is 1. The molecule has 3 rings (SSSR count). The highest BCUT2D eigenvalue weighted by atomic mass is 16.5. The van der Waals surface area contributed by atoms with E-state index in [9.17, 15) is 9.90 Å². The van der Waals surface area contributed by atoms with Gasteiger partial charge < -0.3 is 19.3 Å². The molecular formula is C18H23N3O3. The molecular weight excluding hydrogens is 306 g/mol. The van der Waals surface area contributed by atoms with Gasteiger partial charge in [-0.15, -0.1) is 0 Å². The molecule has 0 radical (unpaired) electrons. The lowest BCUT2D eigenvalue weighted by molar-refractivity contribution is -0.136. The first-order chi connectivity index (χ1) is 11.6. The fourth-order valence-electron chi connectivity index (χ4n) is 3.12. The molecule has 6 heteroatoms. The summed E-state index contributed by atoms with van der Waals surface area (Å²) in [6, 6.07) is 9.32. The smallest absolute Gasteiger partial charge is 0.260 e. The maximum atomic E-state index is 12.4. The second-order valence-electron chi connectivity index (χ2n) is 6.18. The van der Waals surface area contributed by atoms with Crippen molar-refractivity contribution >= 4 is 5.91 Å². The molecule has 2 heterocycles. The van der Waals surface area contributed by atoms with E-state index in [1.165, 1.54) is 0 Å². The molecule has 0 bridgehead atoms. The first kappa shape index (κ1) is 16.5. The number of para-hydroxylation sites is 1. The van der Waals surface area contributed by atoms with Crippen LogP contribution in [0.5, 0.6) is 5.75 Å². The van der Waals surface area contributed by atoms with Gasteiger partial charge in [0.25, 0.3) is 5.91 Å². The Balaban J connectivity index is 1.57. The van der Waals surface area contributed by atoms with Crippen LogP contribution in [0.25, 0.3) is 0 Å². The van der Waals surface area contributed by atoms with Crippen LogP contribution < -0.4 is 4.74 Å². The molecule has 1 amide bonds. The summed E-state index contributed by atoms with van der Waals surface area (Å²) in [5.74, 6) is 1.29. The number of aliphatic hydroxyl groups is 1.